The maximum Gasteiger partial charge on any atom is 0.253 e. The third-order valence-corrected chi connectivity index (χ3v) is 5.57. The summed E-state index contributed by atoms with van der Waals surface area (Å²) in [5, 5.41) is 0. The number of nitrogens with zero attached hydrogens (tertiary/aromatic N) is 1. The molecule has 1 aromatic rings. The van der Waals surface area contributed by atoms with Crippen molar-refractivity contribution in [2.45, 2.75) is 51.4 Å². The molecule has 3 nitrogen and oxygen atoms in total. The van der Waals surface area contributed by atoms with E-state index in [0.717, 1.165) is 25.1 Å². The van der Waals surface area contributed by atoms with Crippen molar-refractivity contribution < 1.29 is 4.79 Å². The van der Waals surface area contributed by atoms with E-state index in [-0.39, 0.29) is 11.3 Å². The molecule has 1 saturated heterocycles. The number of benzene rings is 1. The Morgan fingerprint density at radius 3 is 2.50 bits per heavy atom. The summed E-state index contributed by atoms with van der Waals surface area (Å²) in [5.41, 5.74) is 8.16. The molecule has 120 valence electrons. The Hall–Kier alpha value is -1.35. The molecule has 0 aromatic heterocycles. The van der Waals surface area contributed by atoms with Crippen molar-refractivity contribution in [1.29, 1.82) is 0 Å². The fraction of sp³-hybridized carbons (Fsp3) is 0.632. The molecule has 3 rings (SSSR count). The number of carbonyl (C=O) groups excluding carboxylic acids is 1. The van der Waals surface area contributed by atoms with Crippen LogP contribution in [-0.4, -0.2) is 30.4 Å². The van der Waals surface area contributed by atoms with Gasteiger partial charge in [-0.2, -0.15) is 0 Å². The van der Waals surface area contributed by atoms with E-state index < -0.39 is 0 Å². The lowest BCUT2D eigenvalue weighted by atomic mass is 9.84. The van der Waals surface area contributed by atoms with Crippen LogP contribution in [0.4, 0.5) is 0 Å². The molecule has 1 heterocycles. The molecular weight excluding hydrogens is 272 g/mol. The molecule has 0 radical (unpaired) electrons. The molecule has 1 aromatic carbocycles. The third kappa shape index (κ3) is 3.19. The van der Waals surface area contributed by atoms with Crippen LogP contribution in [0.1, 0.15) is 67.3 Å². The molecule has 0 spiro atoms. The highest BCUT2D eigenvalue weighted by Gasteiger charge is 2.35. The van der Waals surface area contributed by atoms with Gasteiger partial charge in [0.25, 0.3) is 5.91 Å². The van der Waals surface area contributed by atoms with Crippen LogP contribution < -0.4 is 5.73 Å². The van der Waals surface area contributed by atoms with Crippen LogP contribution in [0.25, 0.3) is 0 Å². The van der Waals surface area contributed by atoms with Crippen LogP contribution in [0.2, 0.25) is 0 Å². The molecule has 1 unspecified atom stereocenters. The summed E-state index contributed by atoms with van der Waals surface area (Å²) in [6.45, 7) is 4.44. The zero-order valence-corrected chi connectivity index (χ0v) is 13.7. The van der Waals surface area contributed by atoms with Crippen molar-refractivity contribution in [3.05, 3.63) is 35.4 Å². The van der Waals surface area contributed by atoms with Crippen LogP contribution >= 0.6 is 0 Å². The first-order valence-corrected chi connectivity index (χ1v) is 8.71. The van der Waals surface area contributed by atoms with Gasteiger partial charge in [-0.25, -0.2) is 0 Å². The van der Waals surface area contributed by atoms with E-state index in [0.29, 0.717) is 12.5 Å². The van der Waals surface area contributed by atoms with Gasteiger partial charge in [-0.1, -0.05) is 38.3 Å². The predicted molar refractivity (Wildman–Crippen MR) is 89.9 cm³/mol. The Bertz CT molecular complexity index is 519. The van der Waals surface area contributed by atoms with Gasteiger partial charge >= 0.3 is 0 Å². The zero-order chi connectivity index (χ0) is 15.6. The van der Waals surface area contributed by atoms with Crippen molar-refractivity contribution in [2.75, 3.05) is 19.6 Å². The second-order valence-corrected chi connectivity index (χ2v) is 7.45. The molecule has 2 fully saturated rings. The number of rotatable bonds is 3. The maximum atomic E-state index is 12.6. The highest BCUT2D eigenvalue weighted by Crippen LogP contribution is 2.33. The Balaban J connectivity index is 1.66. The van der Waals surface area contributed by atoms with Crippen molar-refractivity contribution in [3.8, 4) is 0 Å². The number of hydrogen-bond donors (Lipinski definition) is 1. The first kappa shape index (κ1) is 15.5. The average molecular weight is 300 g/mol. The van der Waals surface area contributed by atoms with Gasteiger partial charge in [-0.05, 0) is 54.8 Å². The minimum Gasteiger partial charge on any atom is -0.338 e. The average Bonchev–Trinajstić information content (AvgIpc) is 2.98. The molecular formula is C19H28N2O. The highest BCUT2D eigenvalue weighted by atomic mass is 16.2. The quantitative estimate of drug-likeness (QED) is 0.928. The van der Waals surface area contributed by atoms with E-state index in [1.54, 1.807) is 0 Å². The van der Waals surface area contributed by atoms with Crippen molar-refractivity contribution in [1.82, 2.24) is 4.90 Å². The fourth-order valence-corrected chi connectivity index (χ4v) is 3.88. The number of hydrogen-bond acceptors (Lipinski definition) is 2. The van der Waals surface area contributed by atoms with E-state index in [4.69, 9.17) is 5.73 Å². The predicted octanol–water partition coefficient (Wildman–Crippen LogP) is 3.55. The fourth-order valence-electron chi connectivity index (χ4n) is 3.88. The van der Waals surface area contributed by atoms with Crippen molar-refractivity contribution in [3.63, 3.8) is 0 Å². The maximum absolute atomic E-state index is 12.6. The first-order valence-electron chi connectivity index (χ1n) is 8.71. The third-order valence-electron chi connectivity index (χ3n) is 5.57. The second-order valence-electron chi connectivity index (χ2n) is 7.45. The monoisotopic (exact) mass is 300 g/mol. The molecule has 3 heteroatoms. The zero-order valence-electron chi connectivity index (χ0n) is 13.7. The lowest BCUT2D eigenvalue weighted by Gasteiger charge is -2.23. The molecule has 1 aliphatic heterocycles. The summed E-state index contributed by atoms with van der Waals surface area (Å²) < 4.78 is 0. The van der Waals surface area contributed by atoms with Gasteiger partial charge in [0.2, 0.25) is 0 Å². The van der Waals surface area contributed by atoms with Crippen LogP contribution in [0, 0.1) is 5.41 Å². The van der Waals surface area contributed by atoms with Gasteiger partial charge in [0, 0.05) is 18.7 Å². The van der Waals surface area contributed by atoms with Gasteiger partial charge in [0.1, 0.15) is 0 Å². The summed E-state index contributed by atoms with van der Waals surface area (Å²) in [7, 11) is 0. The number of nitrogens with two attached hydrogens (primary N) is 1. The van der Waals surface area contributed by atoms with Crippen LogP contribution in [0.5, 0.6) is 0 Å². The normalized spacial score (nSPS) is 26.4. The molecule has 2 aliphatic rings. The van der Waals surface area contributed by atoms with E-state index in [9.17, 15) is 4.79 Å². The van der Waals surface area contributed by atoms with E-state index in [1.807, 2.05) is 17.0 Å². The van der Waals surface area contributed by atoms with Gasteiger partial charge in [0.05, 0.1) is 0 Å². The molecule has 0 bridgehead atoms. The SMILES string of the molecule is CC1(CN)CCN(C(=O)c2ccc(C3CCCCC3)cc2)C1. The van der Waals surface area contributed by atoms with Crippen LogP contribution in [0.15, 0.2) is 24.3 Å². The summed E-state index contributed by atoms with van der Waals surface area (Å²) in [5.74, 6) is 0.859. The first-order chi connectivity index (χ1) is 10.6. The minimum atomic E-state index is 0.0949. The van der Waals surface area contributed by atoms with E-state index in [1.165, 1.54) is 37.7 Å². The van der Waals surface area contributed by atoms with Crippen molar-refractivity contribution >= 4 is 5.91 Å². The summed E-state index contributed by atoms with van der Waals surface area (Å²) in [4.78, 5) is 14.6. The number of likely N-dealkylation sites (tertiary alicyclic amines) is 1. The number of amides is 1. The lowest BCUT2D eigenvalue weighted by Crippen LogP contribution is -2.34. The molecule has 2 N–H and O–H groups in total. The Labute approximate surface area is 133 Å². The summed E-state index contributed by atoms with van der Waals surface area (Å²) >= 11 is 0. The molecule has 1 saturated carbocycles. The van der Waals surface area contributed by atoms with Gasteiger partial charge < -0.3 is 10.6 Å². The van der Waals surface area contributed by atoms with Gasteiger partial charge in [-0.3, -0.25) is 4.79 Å². The van der Waals surface area contributed by atoms with E-state index in [2.05, 4.69) is 19.1 Å². The topological polar surface area (TPSA) is 46.3 Å². The van der Waals surface area contributed by atoms with Crippen LogP contribution in [-0.2, 0) is 0 Å². The molecule has 1 amide bonds. The number of carbonyl (C=O) groups is 1. The minimum absolute atomic E-state index is 0.0949. The lowest BCUT2D eigenvalue weighted by molar-refractivity contribution is 0.0777. The van der Waals surface area contributed by atoms with E-state index >= 15 is 0 Å². The van der Waals surface area contributed by atoms with Crippen molar-refractivity contribution in [2.24, 2.45) is 11.1 Å². The largest absolute Gasteiger partial charge is 0.338 e. The molecule has 22 heavy (non-hydrogen) atoms. The standard InChI is InChI=1S/C19H28N2O/c1-19(13-20)11-12-21(14-19)18(22)17-9-7-16(8-10-17)15-5-3-2-4-6-15/h7-10,15H,2-6,11-14,20H2,1H3. The summed E-state index contributed by atoms with van der Waals surface area (Å²) in [6, 6.07) is 8.37. The highest BCUT2D eigenvalue weighted by molar-refractivity contribution is 5.94. The Morgan fingerprint density at radius 1 is 1.23 bits per heavy atom. The smallest absolute Gasteiger partial charge is 0.253 e. The van der Waals surface area contributed by atoms with Gasteiger partial charge in [0.15, 0.2) is 0 Å². The molecule has 1 aliphatic carbocycles. The molecule has 1 atom stereocenters. The Kier molecular flexibility index (Phi) is 4.53. The Morgan fingerprint density at radius 2 is 1.91 bits per heavy atom. The second kappa shape index (κ2) is 6.41. The van der Waals surface area contributed by atoms with Gasteiger partial charge in [-0.15, -0.1) is 0 Å². The summed E-state index contributed by atoms with van der Waals surface area (Å²) in [6.07, 6.45) is 7.67. The van der Waals surface area contributed by atoms with Crippen LogP contribution in [0.3, 0.4) is 0 Å².